The van der Waals surface area contributed by atoms with Crippen molar-refractivity contribution in [3.63, 3.8) is 0 Å². The molecular weight excluding hydrogens is 270 g/mol. The summed E-state index contributed by atoms with van der Waals surface area (Å²) in [7, 11) is 1.61. The molecule has 1 aromatic heterocycles. The third-order valence-electron chi connectivity index (χ3n) is 3.84. The first kappa shape index (κ1) is 15.6. The minimum Gasteiger partial charge on any atom is -0.466 e. The highest BCUT2D eigenvalue weighted by molar-refractivity contribution is 5.81. The van der Waals surface area contributed by atoms with Crippen LogP contribution in [-0.4, -0.2) is 37.0 Å². The zero-order valence-electron chi connectivity index (χ0n) is 12.9. The van der Waals surface area contributed by atoms with Crippen LogP contribution in [0.25, 0.3) is 0 Å². The standard InChI is InChI=1S/C16H23NO4/c1-4-20-16(19)10-17(3)15(18)8-6-12-5-7-14(21-12)13-9-11(13)2/h5,7,11,13H,4,6,8-10H2,1-3H3. The molecule has 0 aliphatic heterocycles. The first-order valence-electron chi connectivity index (χ1n) is 7.49. The van der Waals surface area contributed by atoms with E-state index in [1.165, 1.54) is 11.3 Å². The van der Waals surface area contributed by atoms with Crippen LogP contribution in [0.5, 0.6) is 0 Å². The molecule has 2 atom stereocenters. The van der Waals surface area contributed by atoms with E-state index in [0.29, 0.717) is 31.3 Å². The number of carbonyl (C=O) groups is 2. The molecule has 0 N–H and O–H groups in total. The highest BCUT2D eigenvalue weighted by Gasteiger charge is 2.36. The van der Waals surface area contributed by atoms with E-state index in [-0.39, 0.29) is 18.4 Å². The monoisotopic (exact) mass is 293 g/mol. The molecule has 0 aromatic carbocycles. The Bertz CT molecular complexity index is 508. The Labute approximate surface area is 125 Å². The molecule has 5 nitrogen and oxygen atoms in total. The third-order valence-corrected chi connectivity index (χ3v) is 3.84. The van der Waals surface area contributed by atoms with Gasteiger partial charge in [0.15, 0.2) is 0 Å². The maximum absolute atomic E-state index is 11.9. The third kappa shape index (κ3) is 4.34. The zero-order valence-corrected chi connectivity index (χ0v) is 12.9. The number of ether oxygens (including phenoxy) is 1. The van der Waals surface area contributed by atoms with Crippen molar-refractivity contribution < 1.29 is 18.7 Å². The Morgan fingerprint density at radius 1 is 1.43 bits per heavy atom. The van der Waals surface area contributed by atoms with Crippen molar-refractivity contribution in [1.82, 2.24) is 4.90 Å². The van der Waals surface area contributed by atoms with E-state index < -0.39 is 0 Å². The Balaban J connectivity index is 1.75. The van der Waals surface area contributed by atoms with Crippen molar-refractivity contribution in [1.29, 1.82) is 0 Å². The van der Waals surface area contributed by atoms with Crippen molar-refractivity contribution in [2.24, 2.45) is 5.92 Å². The molecule has 0 spiro atoms. The summed E-state index contributed by atoms with van der Waals surface area (Å²) in [6.45, 7) is 4.28. The van der Waals surface area contributed by atoms with Gasteiger partial charge in [-0.1, -0.05) is 6.92 Å². The zero-order chi connectivity index (χ0) is 15.4. The SMILES string of the molecule is CCOC(=O)CN(C)C(=O)CCc1ccc(C2CC2C)o1. The number of carbonyl (C=O) groups excluding carboxylic acids is 2. The summed E-state index contributed by atoms with van der Waals surface area (Å²) in [5.74, 6) is 2.67. The van der Waals surface area contributed by atoms with Gasteiger partial charge in [-0.05, 0) is 31.4 Å². The molecule has 21 heavy (non-hydrogen) atoms. The van der Waals surface area contributed by atoms with Crippen LogP contribution in [-0.2, 0) is 20.7 Å². The highest BCUT2D eigenvalue weighted by Crippen LogP contribution is 2.47. The average Bonchev–Trinajstić information content (AvgIpc) is 2.99. The average molecular weight is 293 g/mol. The van der Waals surface area contributed by atoms with Gasteiger partial charge in [0.2, 0.25) is 5.91 Å². The van der Waals surface area contributed by atoms with E-state index in [1.807, 2.05) is 12.1 Å². The molecule has 1 fully saturated rings. The molecule has 1 aromatic rings. The fraction of sp³-hybridized carbons (Fsp3) is 0.625. The van der Waals surface area contributed by atoms with E-state index >= 15 is 0 Å². The van der Waals surface area contributed by atoms with Gasteiger partial charge in [0.1, 0.15) is 18.1 Å². The largest absolute Gasteiger partial charge is 0.466 e. The van der Waals surface area contributed by atoms with Crippen molar-refractivity contribution >= 4 is 11.9 Å². The van der Waals surface area contributed by atoms with Gasteiger partial charge in [0, 0.05) is 25.8 Å². The Morgan fingerprint density at radius 2 is 2.14 bits per heavy atom. The van der Waals surface area contributed by atoms with Gasteiger partial charge in [0.25, 0.3) is 0 Å². The minimum absolute atomic E-state index is 0.00430. The molecule has 2 unspecified atom stereocenters. The lowest BCUT2D eigenvalue weighted by molar-refractivity contribution is -0.148. The van der Waals surface area contributed by atoms with Gasteiger partial charge >= 0.3 is 5.97 Å². The maximum Gasteiger partial charge on any atom is 0.325 e. The van der Waals surface area contributed by atoms with E-state index in [0.717, 1.165) is 11.5 Å². The summed E-state index contributed by atoms with van der Waals surface area (Å²) in [6.07, 6.45) is 2.09. The summed E-state index contributed by atoms with van der Waals surface area (Å²) < 4.78 is 10.6. The van der Waals surface area contributed by atoms with E-state index in [4.69, 9.17) is 9.15 Å². The van der Waals surface area contributed by atoms with Crippen LogP contribution in [0, 0.1) is 5.92 Å². The van der Waals surface area contributed by atoms with E-state index in [2.05, 4.69) is 6.92 Å². The maximum atomic E-state index is 11.9. The number of rotatable bonds is 7. The number of hydrogen-bond donors (Lipinski definition) is 0. The number of aryl methyl sites for hydroxylation is 1. The summed E-state index contributed by atoms with van der Waals surface area (Å²) in [6, 6.07) is 3.95. The van der Waals surface area contributed by atoms with Crippen molar-refractivity contribution in [2.75, 3.05) is 20.2 Å². The van der Waals surface area contributed by atoms with Gasteiger partial charge in [-0.2, -0.15) is 0 Å². The second-order valence-corrected chi connectivity index (χ2v) is 5.68. The van der Waals surface area contributed by atoms with Gasteiger partial charge in [0.05, 0.1) is 6.61 Å². The number of likely N-dealkylation sites (N-methyl/N-ethyl adjacent to an activating group) is 1. The first-order chi connectivity index (χ1) is 10.0. The van der Waals surface area contributed by atoms with Gasteiger partial charge < -0.3 is 14.1 Å². The summed E-state index contributed by atoms with van der Waals surface area (Å²) in [5, 5.41) is 0. The topological polar surface area (TPSA) is 59.8 Å². The van der Waals surface area contributed by atoms with Gasteiger partial charge in [-0.25, -0.2) is 0 Å². The summed E-state index contributed by atoms with van der Waals surface area (Å²) in [4.78, 5) is 24.6. The Kier molecular flexibility index (Phi) is 5.04. The Hall–Kier alpha value is -1.78. The van der Waals surface area contributed by atoms with Gasteiger partial charge in [-0.3, -0.25) is 9.59 Å². The fourth-order valence-corrected chi connectivity index (χ4v) is 2.36. The van der Waals surface area contributed by atoms with Crippen LogP contribution >= 0.6 is 0 Å². The lowest BCUT2D eigenvalue weighted by Gasteiger charge is -2.15. The van der Waals surface area contributed by atoms with Crippen molar-refractivity contribution in [2.45, 2.75) is 39.0 Å². The highest BCUT2D eigenvalue weighted by atomic mass is 16.5. The molecule has 1 aliphatic rings. The Morgan fingerprint density at radius 3 is 2.76 bits per heavy atom. The van der Waals surface area contributed by atoms with Crippen LogP contribution in [0.1, 0.15) is 44.1 Å². The predicted octanol–water partition coefficient (Wildman–Crippen LogP) is 2.36. The molecule has 0 bridgehead atoms. The first-order valence-corrected chi connectivity index (χ1v) is 7.49. The summed E-state index contributed by atoms with van der Waals surface area (Å²) >= 11 is 0. The van der Waals surface area contributed by atoms with Crippen LogP contribution < -0.4 is 0 Å². The molecule has 0 radical (unpaired) electrons. The lowest BCUT2D eigenvalue weighted by atomic mass is 10.2. The predicted molar refractivity (Wildman–Crippen MR) is 77.8 cm³/mol. The van der Waals surface area contributed by atoms with Crippen LogP contribution in [0.4, 0.5) is 0 Å². The van der Waals surface area contributed by atoms with Crippen LogP contribution in [0.15, 0.2) is 16.5 Å². The quantitative estimate of drug-likeness (QED) is 0.724. The molecule has 1 aliphatic carbocycles. The molecule has 116 valence electrons. The lowest BCUT2D eigenvalue weighted by Crippen LogP contribution is -2.33. The molecule has 1 saturated carbocycles. The molecule has 5 heteroatoms. The molecule has 2 rings (SSSR count). The molecule has 0 saturated heterocycles. The minimum atomic E-state index is -0.378. The number of esters is 1. The molecule has 1 heterocycles. The van der Waals surface area contributed by atoms with Crippen LogP contribution in [0.3, 0.4) is 0 Å². The number of amides is 1. The fourth-order valence-electron chi connectivity index (χ4n) is 2.36. The van der Waals surface area contributed by atoms with Crippen LogP contribution in [0.2, 0.25) is 0 Å². The second kappa shape index (κ2) is 6.78. The normalized spacial score (nSPS) is 20.1. The second-order valence-electron chi connectivity index (χ2n) is 5.68. The van der Waals surface area contributed by atoms with Gasteiger partial charge in [-0.15, -0.1) is 0 Å². The summed E-state index contributed by atoms with van der Waals surface area (Å²) in [5.41, 5.74) is 0. The number of hydrogen-bond acceptors (Lipinski definition) is 4. The number of nitrogens with zero attached hydrogens (tertiary/aromatic N) is 1. The smallest absolute Gasteiger partial charge is 0.325 e. The van der Waals surface area contributed by atoms with E-state index in [1.54, 1.807) is 14.0 Å². The molecular formula is C16H23NO4. The number of furan rings is 1. The molecule has 1 amide bonds. The van der Waals surface area contributed by atoms with E-state index in [9.17, 15) is 9.59 Å². The van der Waals surface area contributed by atoms with Crippen molar-refractivity contribution in [3.05, 3.63) is 23.7 Å². The van der Waals surface area contributed by atoms with Crippen molar-refractivity contribution in [3.8, 4) is 0 Å².